The first-order chi connectivity index (χ1) is 10.2. The highest BCUT2D eigenvalue weighted by Gasteiger charge is 2.21. The van der Waals surface area contributed by atoms with Crippen LogP contribution in [-0.4, -0.2) is 21.2 Å². The third kappa shape index (κ3) is 3.21. The van der Waals surface area contributed by atoms with E-state index in [-0.39, 0.29) is 42.1 Å². The third-order valence-electron chi connectivity index (χ3n) is 2.76. The number of aromatic nitrogens is 1. The summed E-state index contributed by atoms with van der Waals surface area (Å²) in [4.78, 5) is 14.6. The lowest BCUT2D eigenvalue weighted by atomic mass is 10.1. The molecule has 0 radical (unpaired) electrons. The van der Waals surface area contributed by atoms with Crippen LogP contribution in [0.3, 0.4) is 0 Å². The molecule has 1 aromatic carbocycles. The molecule has 1 aromatic heterocycles. The van der Waals surface area contributed by atoms with Crippen molar-refractivity contribution in [3.63, 3.8) is 0 Å². The molecule has 2 aromatic rings. The Bertz CT molecular complexity index is 750. The summed E-state index contributed by atoms with van der Waals surface area (Å²) in [5.74, 6) is -1.43. The molecule has 9 heteroatoms. The molecule has 0 aliphatic rings. The largest absolute Gasteiger partial charge is 0.506 e. The van der Waals surface area contributed by atoms with Crippen LogP contribution in [0.4, 0.5) is 0 Å². The van der Waals surface area contributed by atoms with Crippen molar-refractivity contribution in [3.05, 3.63) is 43.1 Å². The van der Waals surface area contributed by atoms with E-state index in [1.165, 1.54) is 12.3 Å². The van der Waals surface area contributed by atoms with Crippen molar-refractivity contribution in [2.75, 3.05) is 0 Å². The maximum atomic E-state index is 10.7. The maximum absolute atomic E-state index is 10.7. The Morgan fingerprint density at radius 3 is 1.95 bits per heavy atom. The van der Waals surface area contributed by atoms with Crippen LogP contribution in [0.25, 0.3) is 11.1 Å². The molecule has 1 heterocycles. The molecule has 0 fully saturated rings. The molecule has 0 saturated heterocycles. The number of hydrogen-bond donors (Lipinski definition) is 2. The van der Waals surface area contributed by atoms with Gasteiger partial charge in [-0.25, -0.2) is 0 Å². The zero-order valence-corrected chi connectivity index (χ0v) is 14.3. The average Bonchev–Trinajstić information content (AvgIpc) is 2.45. The molecule has 0 bridgehead atoms. The van der Waals surface area contributed by atoms with Gasteiger partial charge in [-0.2, -0.15) is 0 Å². The maximum Gasteiger partial charge on any atom is 0.309 e. The van der Waals surface area contributed by atoms with E-state index in [1.807, 2.05) is 0 Å². The van der Waals surface area contributed by atoms with Crippen molar-refractivity contribution in [1.82, 2.24) is 4.98 Å². The second kappa shape index (κ2) is 6.69. The molecular weight excluding hydrogens is 395 g/mol. The highest BCUT2D eigenvalue weighted by atomic mass is 35.5. The van der Waals surface area contributed by atoms with Crippen LogP contribution in [0.5, 0.6) is 5.75 Å². The van der Waals surface area contributed by atoms with Gasteiger partial charge in [-0.1, -0.05) is 58.0 Å². The van der Waals surface area contributed by atoms with Crippen LogP contribution in [0.2, 0.25) is 25.1 Å². The SMILES string of the molecule is O=C(O)Cc1ncc(-c2c(Cl)c(Cl)c(Cl)c(Cl)c2Cl)cc1O. The van der Waals surface area contributed by atoms with E-state index in [9.17, 15) is 9.90 Å². The number of halogens is 5. The number of nitrogens with zero attached hydrogens (tertiary/aromatic N) is 1. The monoisotopic (exact) mass is 399 g/mol. The minimum Gasteiger partial charge on any atom is -0.506 e. The minimum atomic E-state index is -1.12. The van der Waals surface area contributed by atoms with Crippen LogP contribution in [0.15, 0.2) is 12.3 Å². The first-order valence-electron chi connectivity index (χ1n) is 5.65. The first-order valence-corrected chi connectivity index (χ1v) is 7.54. The van der Waals surface area contributed by atoms with E-state index in [0.717, 1.165) is 0 Å². The van der Waals surface area contributed by atoms with Gasteiger partial charge in [0.2, 0.25) is 0 Å². The van der Waals surface area contributed by atoms with Gasteiger partial charge < -0.3 is 10.2 Å². The molecular formula is C13H6Cl5NO3. The van der Waals surface area contributed by atoms with Gasteiger partial charge in [-0.15, -0.1) is 0 Å². The summed E-state index contributed by atoms with van der Waals surface area (Å²) in [6.45, 7) is 0. The van der Waals surface area contributed by atoms with Crippen LogP contribution in [-0.2, 0) is 11.2 Å². The van der Waals surface area contributed by atoms with Gasteiger partial charge >= 0.3 is 5.97 Å². The van der Waals surface area contributed by atoms with Crippen molar-refractivity contribution in [2.45, 2.75) is 6.42 Å². The molecule has 2 rings (SSSR count). The number of rotatable bonds is 3. The highest BCUT2D eigenvalue weighted by Crippen LogP contribution is 2.48. The number of benzene rings is 1. The summed E-state index contributed by atoms with van der Waals surface area (Å²) in [5, 5.41) is 18.7. The van der Waals surface area contributed by atoms with Gasteiger partial charge in [0.1, 0.15) is 5.75 Å². The van der Waals surface area contributed by atoms with E-state index in [1.54, 1.807) is 0 Å². The van der Waals surface area contributed by atoms with Gasteiger partial charge in [0.15, 0.2) is 0 Å². The number of carboxylic acid groups (broad SMARTS) is 1. The second-order valence-corrected chi connectivity index (χ2v) is 6.10. The smallest absolute Gasteiger partial charge is 0.309 e. The predicted molar refractivity (Wildman–Crippen MR) is 87.7 cm³/mol. The molecule has 0 aliphatic heterocycles. The summed E-state index contributed by atoms with van der Waals surface area (Å²) in [5.41, 5.74) is 0.573. The number of aliphatic carboxylic acids is 1. The molecule has 0 amide bonds. The zero-order valence-electron chi connectivity index (χ0n) is 10.5. The van der Waals surface area contributed by atoms with E-state index in [4.69, 9.17) is 63.1 Å². The molecule has 0 saturated carbocycles. The molecule has 0 aliphatic carbocycles. The fourth-order valence-corrected chi connectivity index (χ4v) is 3.11. The van der Waals surface area contributed by atoms with Crippen molar-refractivity contribution in [3.8, 4) is 16.9 Å². The van der Waals surface area contributed by atoms with Gasteiger partial charge in [0, 0.05) is 17.3 Å². The van der Waals surface area contributed by atoms with Gasteiger partial charge in [-0.05, 0) is 6.07 Å². The molecule has 0 spiro atoms. The number of carbonyl (C=O) groups is 1. The second-order valence-electron chi connectivity index (χ2n) is 4.21. The molecule has 22 heavy (non-hydrogen) atoms. The number of aromatic hydroxyl groups is 1. The topological polar surface area (TPSA) is 70.4 Å². The summed E-state index contributed by atoms with van der Waals surface area (Å²) in [7, 11) is 0. The van der Waals surface area contributed by atoms with E-state index < -0.39 is 12.4 Å². The van der Waals surface area contributed by atoms with E-state index in [0.29, 0.717) is 5.56 Å². The number of pyridine rings is 1. The van der Waals surface area contributed by atoms with E-state index in [2.05, 4.69) is 4.98 Å². The Morgan fingerprint density at radius 1 is 1.00 bits per heavy atom. The number of hydrogen-bond acceptors (Lipinski definition) is 3. The standard InChI is InChI=1S/C13H6Cl5NO3/c14-9-8(10(15)12(17)13(18)11(9)16)4-1-6(20)5(19-3-4)2-7(21)22/h1,3,20H,2H2,(H,21,22). The average molecular weight is 401 g/mol. The Labute approximate surface area is 150 Å². The summed E-state index contributed by atoms with van der Waals surface area (Å²) >= 11 is 30.1. The highest BCUT2D eigenvalue weighted by molar-refractivity contribution is 6.56. The quantitative estimate of drug-likeness (QED) is 0.537. The van der Waals surface area contributed by atoms with Crippen LogP contribution in [0, 0.1) is 0 Å². The lowest BCUT2D eigenvalue weighted by molar-refractivity contribution is -0.136. The van der Waals surface area contributed by atoms with Gasteiger partial charge in [0.25, 0.3) is 0 Å². The van der Waals surface area contributed by atoms with E-state index >= 15 is 0 Å². The van der Waals surface area contributed by atoms with Gasteiger partial charge in [-0.3, -0.25) is 9.78 Å². The molecule has 4 nitrogen and oxygen atoms in total. The fourth-order valence-electron chi connectivity index (χ4n) is 1.76. The predicted octanol–water partition coefficient (Wildman–Crippen LogP) is 5.35. The van der Waals surface area contributed by atoms with Crippen molar-refractivity contribution < 1.29 is 15.0 Å². The lowest BCUT2D eigenvalue weighted by Crippen LogP contribution is -2.02. The molecule has 0 unspecified atom stereocenters. The van der Waals surface area contributed by atoms with Crippen LogP contribution < -0.4 is 0 Å². The summed E-state index contributed by atoms with van der Waals surface area (Å²) < 4.78 is 0. The van der Waals surface area contributed by atoms with Crippen molar-refractivity contribution in [2.24, 2.45) is 0 Å². The van der Waals surface area contributed by atoms with Gasteiger partial charge in [0.05, 0.1) is 37.2 Å². The minimum absolute atomic E-state index is 0.00894. The Kier molecular flexibility index (Phi) is 5.30. The molecule has 2 N–H and O–H groups in total. The van der Waals surface area contributed by atoms with Crippen molar-refractivity contribution >= 4 is 64.0 Å². The normalized spacial score (nSPS) is 10.8. The third-order valence-corrected chi connectivity index (χ3v) is 5.04. The summed E-state index contributed by atoms with van der Waals surface area (Å²) in [6, 6.07) is 1.28. The first kappa shape index (κ1) is 17.4. The zero-order chi connectivity index (χ0) is 16.6. The Balaban J connectivity index is 2.63. The fraction of sp³-hybridized carbons (Fsp3) is 0.0769. The molecule has 116 valence electrons. The Morgan fingerprint density at radius 2 is 1.50 bits per heavy atom. The molecule has 0 atom stereocenters. The summed E-state index contributed by atoms with van der Waals surface area (Å²) in [6.07, 6.45) is 0.890. The number of carboxylic acids is 1. The van der Waals surface area contributed by atoms with Crippen molar-refractivity contribution in [1.29, 1.82) is 0 Å². The lowest BCUT2D eigenvalue weighted by Gasteiger charge is -2.13. The van der Waals surface area contributed by atoms with Crippen LogP contribution >= 0.6 is 58.0 Å². The van der Waals surface area contributed by atoms with Crippen LogP contribution in [0.1, 0.15) is 5.69 Å². The Hall–Kier alpha value is -0.910.